The van der Waals surface area contributed by atoms with E-state index in [4.69, 9.17) is 21.4 Å². The van der Waals surface area contributed by atoms with Crippen molar-refractivity contribution in [2.24, 2.45) is 0 Å². The van der Waals surface area contributed by atoms with Crippen LogP contribution in [0.4, 0.5) is 0 Å². The molecular weight excluding hydrogens is 392 g/mol. The molecule has 0 aliphatic carbocycles. The summed E-state index contributed by atoms with van der Waals surface area (Å²) >= 11 is 5.97. The zero-order chi connectivity index (χ0) is 19.9. The van der Waals surface area contributed by atoms with Crippen molar-refractivity contribution >= 4 is 27.5 Å². The van der Waals surface area contributed by atoms with E-state index in [9.17, 15) is 13.2 Å². The lowest BCUT2D eigenvalue weighted by Gasteiger charge is -2.23. The fourth-order valence-corrected chi connectivity index (χ4v) is 4.22. The molecule has 0 bridgehead atoms. The lowest BCUT2D eigenvalue weighted by atomic mass is 10.2. The highest BCUT2D eigenvalue weighted by Crippen LogP contribution is 2.30. The second kappa shape index (κ2) is 9.70. The summed E-state index contributed by atoms with van der Waals surface area (Å²) in [7, 11) is -2.73. The first-order chi connectivity index (χ1) is 12.9. The topological polar surface area (TPSA) is 95.9 Å². The summed E-state index contributed by atoms with van der Waals surface area (Å²) in [6, 6.07) is 13.2. The third kappa shape index (κ3) is 5.67. The van der Waals surface area contributed by atoms with Crippen LogP contribution in [0.2, 0.25) is 5.02 Å². The van der Waals surface area contributed by atoms with Crippen LogP contribution in [0.25, 0.3) is 0 Å². The number of aliphatic hydroxyl groups is 1. The number of carbonyl (C=O) groups is 1. The highest BCUT2D eigenvalue weighted by Gasteiger charge is 2.30. The minimum atomic E-state index is -4.08. The van der Waals surface area contributed by atoms with Gasteiger partial charge in [0.2, 0.25) is 15.9 Å². The van der Waals surface area contributed by atoms with Gasteiger partial charge in [0.1, 0.15) is 10.6 Å². The Morgan fingerprint density at radius 2 is 1.93 bits per heavy atom. The molecule has 7 nitrogen and oxygen atoms in total. The van der Waals surface area contributed by atoms with Crippen molar-refractivity contribution in [3.8, 4) is 5.75 Å². The Kier molecular flexibility index (Phi) is 7.61. The fourth-order valence-electron chi connectivity index (χ4n) is 2.42. The molecule has 27 heavy (non-hydrogen) atoms. The number of hydrogen-bond donors (Lipinski definition) is 2. The van der Waals surface area contributed by atoms with Crippen molar-refractivity contribution in [1.29, 1.82) is 0 Å². The monoisotopic (exact) mass is 412 g/mol. The number of nitrogens with zero attached hydrogens (tertiary/aromatic N) is 1. The number of nitrogens with one attached hydrogen (secondary N) is 1. The van der Waals surface area contributed by atoms with Gasteiger partial charge in [-0.15, -0.1) is 0 Å². The summed E-state index contributed by atoms with van der Waals surface area (Å²) in [5, 5.41) is 11.5. The summed E-state index contributed by atoms with van der Waals surface area (Å²) in [5.74, 6) is -0.391. The number of benzene rings is 2. The summed E-state index contributed by atoms with van der Waals surface area (Å²) in [5.41, 5.74) is 0.719. The summed E-state index contributed by atoms with van der Waals surface area (Å²) < 4.78 is 32.7. The van der Waals surface area contributed by atoms with Crippen LogP contribution in [-0.2, 0) is 21.4 Å². The maximum atomic E-state index is 13.2. The second-order valence-corrected chi connectivity index (χ2v) is 7.97. The molecule has 0 saturated heterocycles. The van der Waals surface area contributed by atoms with Crippen molar-refractivity contribution < 1.29 is 23.1 Å². The summed E-state index contributed by atoms with van der Waals surface area (Å²) in [4.78, 5) is 12.0. The lowest BCUT2D eigenvalue weighted by Crippen LogP contribution is -2.41. The van der Waals surface area contributed by atoms with Crippen molar-refractivity contribution in [2.75, 3.05) is 26.8 Å². The number of rotatable bonds is 9. The van der Waals surface area contributed by atoms with Crippen molar-refractivity contribution in [3.05, 3.63) is 59.1 Å². The Hall–Kier alpha value is -2.13. The first-order valence-electron chi connectivity index (χ1n) is 8.13. The molecule has 0 unspecified atom stereocenters. The van der Waals surface area contributed by atoms with E-state index < -0.39 is 22.5 Å². The van der Waals surface area contributed by atoms with Gasteiger partial charge in [0.25, 0.3) is 0 Å². The Balaban J connectivity index is 2.41. The molecule has 146 valence electrons. The molecule has 0 aromatic heterocycles. The van der Waals surface area contributed by atoms with Gasteiger partial charge in [-0.2, -0.15) is 4.31 Å². The van der Waals surface area contributed by atoms with Crippen molar-refractivity contribution in [2.45, 2.75) is 11.4 Å². The molecule has 1 amide bonds. The Morgan fingerprint density at radius 3 is 2.56 bits per heavy atom. The minimum Gasteiger partial charge on any atom is -0.495 e. The minimum absolute atomic E-state index is 0.00855. The number of ether oxygens (including phenoxy) is 1. The third-order valence-electron chi connectivity index (χ3n) is 3.70. The van der Waals surface area contributed by atoms with Gasteiger partial charge in [0.15, 0.2) is 0 Å². The average molecular weight is 413 g/mol. The molecule has 0 atom stereocenters. The lowest BCUT2D eigenvalue weighted by molar-refractivity contribution is -0.121. The van der Waals surface area contributed by atoms with Gasteiger partial charge in [-0.3, -0.25) is 4.79 Å². The Morgan fingerprint density at radius 1 is 1.22 bits per heavy atom. The van der Waals surface area contributed by atoms with Crippen LogP contribution < -0.4 is 10.1 Å². The molecule has 2 N–H and O–H groups in total. The number of sulfonamides is 1. The molecule has 2 rings (SSSR count). The van der Waals surface area contributed by atoms with E-state index in [1.807, 2.05) is 6.07 Å². The van der Waals surface area contributed by atoms with Crippen LogP contribution >= 0.6 is 11.6 Å². The van der Waals surface area contributed by atoms with Gasteiger partial charge in [-0.1, -0.05) is 41.9 Å². The van der Waals surface area contributed by atoms with Gasteiger partial charge in [-0.25, -0.2) is 8.42 Å². The van der Waals surface area contributed by atoms with Gasteiger partial charge in [0, 0.05) is 18.1 Å². The third-order valence-corrected chi connectivity index (χ3v) is 5.75. The molecular formula is C18H21ClN2O5S. The van der Waals surface area contributed by atoms with Gasteiger partial charge < -0.3 is 15.2 Å². The van der Waals surface area contributed by atoms with Crippen LogP contribution in [0, 0.1) is 0 Å². The highest BCUT2D eigenvalue weighted by atomic mass is 35.5. The Labute approximate surface area is 163 Å². The first-order valence-corrected chi connectivity index (χ1v) is 9.95. The van der Waals surface area contributed by atoms with Gasteiger partial charge >= 0.3 is 0 Å². The first kappa shape index (κ1) is 21.2. The molecule has 0 aliphatic heterocycles. The number of methoxy groups -OCH3 is 1. The molecule has 0 radical (unpaired) electrons. The van der Waals surface area contributed by atoms with Gasteiger partial charge in [-0.05, 0) is 23.8 Å². The predicted molar refractivity (Wildman–Crippen MR) is 102 cm³/mol. The van der Waals surface area contributed by atoms with E-state index in [2.05, 4.69) is 5.32 Å². The van der Waals surface area contributed by atoms with E-state index in [0.29, 0.717) is 0 Å². The van der Waals surface area contributed by atoms with E-state index in [-0.39, 0.29) is 35.4 Å². The second-order valence-electron chi connectivity index (χ2n) is 5.63. The predicted octanol–water partition coefficient (Wildman–Crippen LogP) is 1.65. The Bertz CT molecular complexity index is 875. The van der Waals surface area contributed by atoms with E-state index in [0.717, 1.165) is 9.87 Å². The molecule has 2 aromatic carbocycles. The molecule has 0 aliphatic rings. The molecule has 0 saturated carbocycles. The largest absolute Gasteiger partial charge is 0.495 e. The molecule has 0 spiro atoms. The SMILES string of the molecule is COc1ccc(Cl)cc1S(=O)(=O)N(CC(=O)NCCO)Cc1ccccc1. The fraction of sp³-hybridized carbons (Fsp3) is 0.278. The normalized spacial score (nSPS) is 11.4. The zero-order valence-corrected chi connectivity index (χ0v) is 16.3. The highest BCUT2D eigenvalue weighted by molar-refractivity contribution is 7.89. The quantitative estimate of drug-likeness (QED) is 0.652. The number of hydrogen-bond acceptors (Lipinski definition) is 5. The average Bonchev–Trinajstić information content (AvgIpc) is 2.66. The van der Waals surface area contributed by atoms with Crippen LogP contribution in [0.15, 0.2) is 53.4 Å². The number of carbonyl (C=O) groups excluding carboxylic acids is 1. The maximum absolute atomic E-state index is 13.2. The summed E-state index contributed by atoms with van der Waals surface area (Å²) in [6.45, 7) is -0.615. The standard InChI is InChI=1S/C18H21ClN2O5S/c1-26-16-8-7-15(19)11-17(16)27(24,25)21(13-18(23)20-9-10-22)12-14-5-3-2-4-6-14/h2-8,11,22H,9-10,12-13H2,1H3,(H,20,23). The van der Waals surface area contributed by atoms with Crippen LogP contribution in [0.5, 0.6) is 5.75 Å². The van der Waals surface area contributed by atoms with Crippen LogP contribution in [-0.4, -0.2) is 50.5 Å². The molecule has 2 aromatic rings. The number of aliphatic hydroxyl groups excluding tert-OH is 1. The number of halogens is 1. The van der Waals surface area contributed by atoms with E-state index in [1.165, 1.54) is 25.3 Å². The van der Waals surface area contributed by atoms with Crippen molar-refractivity contribution in [3.63, 3.8) is 0 Å². The van der Waals surface area contributed by atoms with Crippen molar-refractivity contribution in [1.82, 2.24) is 9.62 Å². The van der Waals surface area contributed by atoms with Gasteiger partial charge in [0.05, 0.1) is 20.3 Å². The number of amides is 1. The molecule has 0 heterocycles. The maximum Gasteiger partial charge on any atom is 0.247 e. The smallest absolute Gasteiger partial charge is 0.247 e. The molecule has 0 fully saturated rings. The molecule has 9 heteroatoms. The summed E-state index contributed by atoms with van der Waals surface area (Å²) in [6.07, 6.45) is 0. The zero-order valence-electron chi connectivity index (χ0n) is 14.8. The van der Waals surface area contributed by atoms with E-state index >= 15 is 0 Å². The van der Waals surface area contributed by atoms with Crippen LogP contribution in [0.1, 0.15) is 5.56 Å². The van der Waals surface area contributed by atoms with E-state index in [1.54, 1.807) is 24.3 Å². The van der Waals surface area contributed by atoms with Crippen LogP contribution in [0.3, 0.4) is 0 Å².